The molecule has 15 heavy (non-hydrogen) atoms. The van der Waals surface area contributed by atoms with Gasteiger partial charge in [-0.05, 0) is 5.56 Å². The van der Waals surface area contributed by atoms with Crippen LogP contribution in [0.25, 0.3) is 0 Å². The fourth-order valence-electron chi connectivity index (χ4n) is 1.16. The number of carbonyl (C=O) groups is 1. The van der Waals surface area contributed by atoms with E-state index in [1.54, 1.807) is 7.11 Å². The first kappa shape index (κ1) is 11.7. The van der Waals surface area contributed by atoms with Gasteiger partial charge < -0.3 is 8.85 Å². The number of hydrogen-bond acceptors (Lipinski definition) is 3. The van der Waals surface area contributed by atoms with Gasteiger partial charge in [-0.15, -0.1) is 0 Å². The summed E-state index contributed by atoms with van der Waals surface area (Å²) in [5.74, 6) is -0.413. The Hall–Kier alpha value is -1.39. The molecule has 4 heteroatoms. The zero-order valence-corrected chi connectivity index (χ0v) is 9.84. The summed E-state index contributed by atoms with van der Waals surface area (Å²) in [7, 11) is -0.370. The summed E-state index contributed by atoms with van der Waals surface area (Å²) in [6.07, 6.45) is 1.16. The average molecular weight is 222 g/mol. The van der Waals surface area contributed by atoms with Crippen LogP contribution in [0.3, 0.4) is 0 Å². The van der Waals surface area contributed by atoms with E-state index >= 15 is 0 Å². The van der Waals surface area contributed by atoms with Crippen LogP contribution in [0.2, 0.25) is 0 Å². The molecule has 0 N–H and O–H groups in total. The molecular weight excluding hydrogens is 208 g/mol. The summed E-state index contributed by atoms with van der Waals surface area (Å²) in [6.45, 7) is 3.35. The van der Waals surface area contributed by atoms with Crippen molar-refractivity contribution in [1.29, 1.82) is 0 Å². The molecule has 0 amide bonds. The molecule has 1 unspecified atom stereocenters. The molecule has 0 heterocycles. The Bertz CT molecular complexity index is 324. The normalized spacial score (nSPS) is 11.8. The van der Waals surface area contributed by atoms with Crippen LogP contribution in [-0.2, 0) is 19.7 Å². The van der Waals surface area contributed by atoms with Crippen molar-refractivity contribution < 1.29 is 13.6 Å². The van der Waals surface area contributed by atoms with Crippen molar-refractivity contribution in [3.63, 3.8) is 0 Å². The lowest BCUT2D eigenvalue weighted by Gasteiger charge is -2.12. The number of benzene rings is 1. The van der Waals surface area contributed by atoms with Crippen LogP contribution in [0.5, 0.6) is 0 Å². The average Bonchev–Trinajstić information content (AvgIpc) is 2.29. The zero-order valence-electron chi connectivity index (χ0n) is 8.68. The van der Waals surface area contributed by atoms with Gasteiger partial charge in [0.05, 0.1) is 0 Å². The lowest BCUT2D eigenvalue weighted by atomic mass is 10.2. The number of carbonyl (C=O) groups excluding carboxylic acids is 1. The summed E-state index contributed by atoms with van der Waals surface area (Å²) < 4.78 is 10.3. The Balaban J connectivity index is 2.54. The second-order valence-electron chi connectivity index (χ2n) is 3.00. The van der Waals surface area contributed by atoms with Gasteiger partial charge in [-0.3, -0.25) is 0 Å². The lowest BCUT2D eigenvalue weighted by molar-refractivity contribution is -0.130. The topological polar surface area (TPSA) is 35.5 Å². The minimum Gasteiger partial charge on any atom is -0.493 e. The molecule has 80 valence electrons. The molecule has 0 saturated heterocycles. The summed E-state index contributed by atoms with van der Waals surface area (Å²) in [4.78, 5) is 11.0. The van der Waals surface area contributed by atoms with E-state index in [0.29, 0.717) is 6.04 Å². The Labute approximate surface area is 91.2 Å². The van der Waals surface area contributed by atoms with Crippen molar-refractivity contribution in [2.24, 2.45) is 0 Å². The fraction of sp³-hybridized carbons (Fsp3) is 0.182. The summed E-state index contributed by atoms with van der Waals surface area (Å²) in [5, 5.41) is 0. The minimum absolute atomic E-state index is 0.413. The molecule has 0 aliphatic carbocycles. The minimum atomic E-state index is -1.94. The van der Waals surface area contributed by atoms with Crippen molar-refractivity contribution in [3.8, 4) is 0 Å². The number of hydrogen-bond donors (Lipinski definition) is 0. The van der Waals surface area contributed by atoms with Crippen LogP contribution in [0.15, 0.2) is 43.0 Å². The molecule has 0 spiro atoms. The molecule has 0 fully saturated rings. The Kier molecular flexibility index (Phi) is 4.80. The van der Waals surface area contributed by atoms with E-state index in [2.05, 4.69) is 6.58 Å². The van der Waals surface area contributed by atoms with Crippen LogP contribution in [-0.4, -0.2) is 22.4 Å². The molecule has 0 bridgehead atoms. The van der Waals surface area contributed by atoms with Gasteiger partial charge in [0.15, 0.2) is 0 Å². The molecule has 1 aromatic carbocycles. The van der Waals surface area contributed by atoms with E-state index in [-0.39, 0.29) is 0 Å². The molecule has 0 aliphatic heterocycles. The predicted molar refractivity (Wildman–Crippen MR) is 60.6 cm³/mol. The van der Waals surface area contributed by atoms with E-state index in [0.717, 1.165) is 11.6 Å². The lowest BCUT2D eigenvalue weighted by Crippen LogP contribution is -2.27. The van der Waals surface area contributed by atoms with Crippen LogP contribution >= 0.6 is 0 Å². The van der Waals surface area contributed by atoms with Crippen molar-refractivity contribution in [2.75, 3.05) is 7.11 Å². The fourth-order valence-corrected chi connectivity index (χ4v) is 2.52. The molecule has 1 atom stereocenters. The smallest absolute Gasteiger partial charge is 0.389 e. The maximum atomic E-state index is 11.0. The van der Waals surface area contributed by atoms with E-state index < -0.39 is 15.3 Å². The highest BCUT2D eigenvalue weighted by molar-refractivity contribution is 6.46. The molecular formula is C11H14O3Si. The third-order valence-corrected chi connectivity index (χ3v) is 3.75. The predicted octanol–water partition coefficient (Wildman–Crippen LogP) is 1.36. The Morgan fingerprint density at radius 1 is 1.47 bits per heavy atom. The van der Waals surface area contributed by atoms with Gasteiger partial charge in [-0.2, -0.15) is 0 Å². The van der Waals surface area contributed by atoms with Crippen molar-refractivity contribution in [2.45, 2.75) is 6.04 Å². The zero-order chi connectivity index (χ0) is 11.1. The SMILES string of the molecule is C=CC(=O)O[SiH](Cc1ccccc1)OC. The molecule has 1 aromatic rings. The van der Waals surface area contributed by atoms with Gasteiger partial charge in [-0.25, -0.2) is 4.79 Å². The largest absolute Gasteiger partial charge is 0.493 e. The molecule has 3 nitrogen and oxygen atoms in total. The molecule has 1 rings (SSSR count). The third-order valence-electron chi connectivity index (χ3n) is 1.92. The van der Waals surface area contributed by atoms with Crippen molar-refractivity contribution in [1.82, 2.24) is 0 Å². The summed E-state index contributed by atoms with van der Waals surface area (Å²) in [6, 6.07) is 10.5. The van der Waals surface area contributed by atoms with Crippen LogP contribution in [0.4, 0.5) is 0 Å². The van der Waals surface area contributed by atoms with Crippen LogP contribution < -0.4 is 0 Å². The highest BCUT2D eigenvalue weighted by Gasteiger charge is 2.15. The van der Waals surface area contributed by atoms with Crippen molar-refractivity contribution >= 4 is 15.3 Å². The van der Waals surface area contributed by atoms with Gasteiger partial charge in [0.1, 0.15) is 0 Å². The molecule has 0 aromatic heterocycles. The van der Waals surface area contributed by atoms with Crippen LogP contribution in [0.1, 0.15) is 5.56 Å². The maximum Gasteiger partial charge on any atom is 0.389 e. The first-order chi connectivity index (χ1) is 7.26. The van der Waals surface area contributed by atoms with Gasteiger partial charge in [0.2, 0.25) is 0 Å². The molecule has 0 aliphatic rings. The van der Waals surface area contributed by atoms with Gasteiger partial charge in [0.25, 0.3) is 0 Å². The first-order valence-corrected chi connectivity index (χ1v) is 6.42. The monoisotopic (exact) mass is 222 g/mol. The van der Waals surface area contributed by atoms with E-state index in [4.69, 9.17) is 8.85 Å². The van der Waals surface area contributed by atoms with E-state index in [9.17, 15) is 4.79 Å². The van der Waals surface area contributed by atoms with E-state index in [1.807, 2.05) is 30.3 Å². The van der Waals surface area contributed by atoms with Gasteiger partial charge >= 0.3 is 15.3 Å². The Morgan fingerprint density at radius 2 is 2.13 bits per heavy atom. The standard InChI is InChI=1S/C11H14O3Si/c1-3-11(12)14-15(13-2)9-10-7-5-4-6-8-10/h3-8,15H,1,9H2,2H3. The highest BCUT2D eigenvalue weighted by Crippen LogP contribution is 2.04. The summed E-state index contributed by atoms with van der Waals surface area (Å²) >= 11 is 0. The molecule has 0 saturated carbocycles. The number of rotatable bonds is 5. The maximum absolute atomic E-state index is 11.0. The summed E-state index contributed by atoms with van der Waals surface area (Å²) in [5.41, 5.74) is 1.12. The van der Waals surface area contributed by atoms with Crippen LogP contribution in [0, 0.1) is 0 Å². The third kappa shape index (κ3) is 4.10. The van der Waals surface area contributed by atoms with Crippen molar-refractivity contribution in [3.05, 3.63) is 48.6 Å². The Morgan fingerprint density at radius 3 is 2.67 bits per heavy atom. The second-order valence-corrected chi connectivity index (χ2v) is 4.97. The van der Waals surface area contributed by atoms with Gasteiger partial charge in [-0.1, -0.05) is 36.9 Å². The van der Waals surface area contributed by atoms with E-state index in [1.165, 1.54) is 0 Å². The van der Waals surface area contributed by atoms with Gasteiger partial charge in [0, 0.05) is 19.2 Å². The molecule has 0 radical (unpaired) electrons. The second kappa shape index (κ2) is 6.16. The quantitative estimate of drug-likeness (QED) is 0.557. The first-order valence-electron chi connectivity index (χ1n) is 4.66. The highest BCUT2D eigenvalue weighted by atomic mass is 28.3.